The predicted molar refractivity (Wildman–Crippen MR) is 119 cm³/mol. The van der Waals surface area contributed by atoms with Crippen LogP contribution < -0.4 is 0 Å². The Morgan fingerprint density at radius 1 is 0.933 bits per heavy atom. The van der Waals surface area contributed by atoms with Gasteiger partial charge >= 0.3 is 0 Å². The second kappa shape index (κ2) is 9.22. The average Bonchev–Trinajstić information content (AvgIpc) is 2.76. The van der Waals surface area contributed by atoms with E-state index in [-0.39, 0.29) is 24.4 Å². The maximum Gasteiger partial charge on any atom is 0.250 e. The van der Waals surface area contributed by atoms with E-state index in [1.807, 2.05) is 35.2 Å². The zero-order chi connectivity index (χ0) is 21.1. The van der Waals surface area contributed by atoms with Gasteiger partial charge in [-0.3, -0.25) is 9.59 Å². The number of rotatable bonds is 5. The van der Waals surface area contributed by atoms with E-state index in [0.29, 0.717) is 17.5 Å². The van der Waals surface area contributed by atoms with Gasteiger partial charge in [0, 0.05) is 17.6 Å². The standard InChI is InChI=1S/C25H29ClN2O2/c1-18-7-13-22(14-8-18)28-17-23(29)27(16-15-19-5-3-2-4-6-19)24(25(28)30)20-9-11-21(26)12-10-20/h2-6,9-12,18,22,24H,7-8,13-17H2,1H3. The van der Waals surface area contributed by atoms with Gasteiger partial charge in [0.15, 0.2) is 0 Å². The molecule has 2 amide bonds. The molecule has 2 fully saturated rings. The predicted octanol–water partition coefficient (Wildman–Crippen LogP) is 4.87. The van der Waals surface area contributed by atoms with Gasteiger partial charge in [-0.25, -0.2) is 0 Å². The maximum absolute atomic E-state index is 13.7. The lowest BCUT2D eigenvalue weighted by atomic mass is 9.85. The summed E-state index contributed by atoms with van der Waals surface area (Å²) >= 11 is 6.08. The number of carbonyl (C=O) groups is 2. The molecular weight excluding hydrogens is 396 g/mol. The van der Waals surface area contributed by atoms with E-state index < -0.39 is 6.04 Å². The zero-order valence-corrected chi connectivity index (χ0v) is 18.2. The quantitative estimate of drug-likeness (QED) is 0.686. The molecule has 0 radical (unpaired) electrons. The summed E-state index contributed by atoms with van der Waals surface area (Å²) in [5, 5.41) is 0.627. The Bertz CT molecular complexity index is 876. The van der Waals surface area contributed by atoms with E-state index in [4.69, 9.17) is 11.6 Å². The number of piperazine rings is 1. The molecule has 0 N–H and O–H groups in total. The van der Waals surface area contributed by atoms with Gasteiger partial charge in [-0.15, -0.1) is 0 Å². The fourth-order valence-electron chi connectivity index (χ4n) is 4.73. The first-order chi connectivity index (χ1) is 14.5. The summed E-state index contributed by atoms with van der Waals surface area (Å²) in [5.41, 5.74) is 2.00. The molecule has 1 unspecified atom stereocenters. The van der Waals surface area contributed by atoms with Crippen molar-refractivity contribution in [1.29, 1.82) is 0 Å². The van der Waals surface area contributed by atoms with Crippen LogP contribution in [0.1, 0.15) is 49.8 Å². The highest BCUT2D eigenvalue weighted by Gasteiger charge is 2.43. The normalized spacial score (nSPS) is 24.9. The molecule has 4 nitrogen and oxygen atoms in total. The number of nitrogens with zero attached hydrogens (tertiary/aromatic N) is 2. The lowest BCUT2D eigenvalue weighted by Crippen LogP contribution is -2.59. The molecule has 5 heteroatoms. The Balaban J connectivity index is 1.59. The van der Waals surface area contributed by atoms with Gasteiger partial charge in [0.1, 0.15) is 12.6 Å². The third-order valence-corrected chi connectivity index (χ3v) is 6.80. The number of carbonyl (C=O) groups excluding carboxylic acids is 2. The highest BCUT2D eigenvalue weighted by atomic mass is 35.5. The second-order valence-corrected chi connectivity index (χ2v) is 9.09. The van der Waals surface area contributed by atoms with Gasteiger partial charge in [-0.05, 0) is 61.3 Å². The van der Waals surface area contributed by atoms with Crippen molar-refractivity contribution in [2.45, 2.75) is 51.1 Å². The van der Waals surface area contributed by atoms with Gasteiger partial charge in [-0.2, -0.15) is 0 Å². The first kappa shape index (κ1) is 20.9. The number of amides is 2. The van der Waals surface area contributed by atoms with Crippen LogP contribution in [-0.4, -0.2) is 40.7 Å². The molecule has 0 aromatic heterocycles. The molecule has 1 aliphatic heterocycles. The van der Waals surface area contributed by atoms with Crippen molar-refractivity contribution in [3.63, 3.8) is 0 Å². The smallest absolute Gasteiger partial charge is 0.250 e. The highest BCUT2D eigenvalue weighted by Crippen LogP contribution is 2.34. The number of hydrogen-bond acceptors (Lipinski definition) is 2. The van der Waals surface area contributed by atoms with Gasteiger partial charge in [-0.1, -0.05) is 61.0 Å². The number of benzene rings is 2. The van der Waals surface area contributed by atoms with Crippen LogP contribution in [-0.2, 0) is 16.0 Å². The van der Waals surface area contributed by atoms with E-state index in [9.17, 15) is 9.59 Å². The molecule has 0 spiro atoms. The molecule has 2 aromatic carbocycles. The Kier molecular flexibility index (Phi) is 6.43. The molecule has 2 aromatic rings. The van der Waals surface area contributed by atoms with Crippen molar-refractivity contribution in [3.8, 4) is 0 Å². The Hall–Kier alpha value is -2.33. The van der Waals surface area contributed by atoms with Crippen LogP contribution in [0.4, 0.5) is 0 Å². The highest BCUT2D eigenvalue weighted by molar-refractivity contribution is 6.30. The lowest BCUT2D eigenvalue weighted by molar-refractivity contribution is -0.159. The number of hydrogen-bond donors (Lipinski definition) is 0. The van der Waals surface area contributed by atoms with E-state index >= 15 is 0 Å². The molecular formula is C25H29ClN2O2. The van der Waals surface area contributed by atoms with Crippen molar-refractivity contribution >= 4 is 23.4 Å². The largest absolute Gasteiger partial charge is 0.328 e. The Labute approximate surface area is 183 Å². The zero-order valence-electron chi connectivity index (χ0n) is 17.5. The molecule has 1 saturated heterocycles. The summed E-state index contributed by atoms with van der Waals surface area (Å²) in [6, 6.07) is 17.0. The minimum absolute atomic E-state index is 0.0316. The van der Waals surface area contributed by atoms with Crippen molar-refractivity contribution in [2.75, 3.05) is 13.1 Å². The molecule has 2 aliphatic rings. The Morgan fingerprint density at radius 3 is 2.27 bits per heavy atom. The van der Waals surface area contributed by atoms with Gasteiger partial charge in [0.05, 0.1) is 0 Å². The van der Waals surface area contributed by atoms with Crippen LogP contribution in [0.15, 0.2) is 54.6 Å². The monoisotopic (exact) mass is 424 g/mol. The van der Waals surface area contributed by atoms with Crippen molar-refractivity contribution < 1.29 is 9.59 Å². The SMILES string of the molecule is CC1CCC(N2CC(=O)N(CCc3ccccc3)C(c3ccc(Cl)cc3)C2=O)CC1. The van der Waals surface area contributed by atoms with Crippen LogP contribution in [0.2, 0.25) is 5.02 Å². The molecule has 4 rings (SSSR count). The van der Waals surface area contributed by atoms with Crippen LogP contribution >= 0.6 is 11.6 Å². The first-order valence-corrected chi connectivity index (χ1v) is 11.3. The van der Waals surface area contributed by atoms with Crippen molar-refractivity contribution in [1.82, 2.24) is 9.80 Å². The fraction of sp³-hybridized carbons (Fsp3) is 0.440. The molecule has 1 saturated carbocycles. The summed E-state index contributed by atoms with van der Waals surface area (Å²) in [5.74, 6) is 0.778. The van der Waals surface area contributed by atoms with Crippen LogP contribution in [0.3, 0.4) is 0 Å². The van der Waals surface area contributed by atoms with Crippen LogP contribution in [0, 0.1) is 5.92 Å². The summed E-state index contributed by atoms with van der Waals surface area (Å²) in [4.78, 5) is 30.5. The van der Waals surface area contributed by atoms with Gasteiger partial charge in [0.25, 0.3) is 5.91 Å². The van der Waals surface area contributed by atoms with E-state index in [2.05, 4.69) is 19.1 Å². The van der Waals surface area contributed by atoms with E-state index in [1.165, 1.54) is 0 Å². The van der Waals surface area contributed by atoms with Crippen LogP contribution in [0.5, 0.6) is 0 Å². The van der Waals surface area contributed by atoms with Gasteiger partial charge < -0.3 is 9.80 Å². The first-order valence-electron chi connectivity index (χ1n) is 10.9. The molecule has 1 atom stereocenters. The van der Waals surface area contributed by atoms with E-state index in [1.54, 1.807) is 17.0 Å². The van der Waals surface area contributed by atoms with Crippen molar-refractivity contribution in [3.05, 3.63) is 70.7 Å². The molecule has 1 aliphatic carbocycles. The second-order valence-electron chi connectivity index (χ2n) is 8.66. The summed E-state index contributed by atoms with van der Waals surface area (Å²) in [6.07, 6.45) is 4.93. The van der Waals surface area contributed by atoms with Gasteiger partial charge in [0.2, 0.25) is 5.91 Å². The lowest BCUT2D eigenvalue weighted by Gasteiger charge is -2.45. The maximum atomic E-state index is 13.7. The van der Waals surface area contributed by atoms with Crippen LogP contribution in [0.25, 0.3) is 0 Å². The summed E-state index contributed by atoms with van der Waals surface area (Å²) in [7, 11) is 0. The summed E-state index contributed by atoms with van der Waals surface area (Å²) in [6.45, 7) is 2.98. The minimum Gasteiger partial charge on any atom is -0.328 e. The average molecular weight is 425 g/mol. The molecule has 1 heterocycles. The summed E-state index contributed by atoms with van der Waals surface area (Å²) < 4.78 is 0. The molecule has 158 valence electrons. The third-order valence-electron chi connectivity index (χ3n) is 6.55. The van der Waals surface area contributed by atoms with Crippen molar-refractivity contribution in [2.24, 2.45) is 5.92 Å². The third kappa shape index (κ3) is 4.54. The topological polar surface area (TPSA) is 40.6 Å². The number of halogens is 1. The molecule has 0 bridgehead atoms. The Morgan fingerprint density at radius 2 is 1.60 bits per heavy atom. The molecule has 30 heavy (non-hydrogen) atoms. The minimum atomic E-state index is -0.577. The van der Waals surface area contributed by atoms with E-state index in [0.717, 1.165) is 43.2 Å². The fourth-order valence-corrected chi connectivity index (χ4v) is 4.85.